The highest BCUT2D eigenvalue weighted by Crippen LogP contribution is 2.41. The monoisotopic (exact) mass is 303 g/mol. The molecule has 3 aromatic carbocycles. The summed E-state index contributed by atoms with van der Waals surface area (Å²) in [6, 6.07) is 20.4. The predicted octanol–water partition coefficient (Wildman–Crippen LogP) is 4.11. The van der Waals surface area contributed by atoms with Crippen LogP contribution in [0.5, 0.6) is 0 Å². The summed E-state index contributed by atoms with van der Waals surface area (Å²) >= 11 is 0. The molecule has 0 spiro atoms. The fourth-order valence-electron chi connectivity index (χ4n) is 3.32. The van der Waals surface area contributed by atoms with Crippen molar-refractivity contribution in [3.63, 3.8) is 0 Å². The molecule has 1 amide bonds. The van der Waals surface area contributed by atoms with Crippen LogP contribution in [-0.4, -0.2) is 26.2 Å². The molecule has 0 N–H and O–H groups in total. The van der Waals surface area contributed by atoms with E-state index in [9.17, 15) is 4.79 Å². The van der Waals surface area contributed by atoms with Gasteiger partial charge in [-0.25, -0.2) is 0 Å². The lowest BCUT2D eigenvalue weighted by Crippen LogP contribution is -2.30. The van der Waals surface area contributed by atoms with Crippen LogP contribution in [0.25, 0.3) is 21.9 Å². The van der Waals surface area contributed by atoms with Gasteiger partial charge in [-0.05, 0) is 28.6 Å². The number of benzene rings is 3. The van der Waals surface area contributed by atoms with Gasteiger partial charge in [-0.2, -0.15) is 0 Å². The Bertz CT molecular complexity index is 887. The third-order valence-electron chi connectivity index (χ3n) is 4.39. The summed E-state index contributed by atoms with van der Waals surface area (Å²) in [6.07, 6.45) is 0. The molecule has 4 rings (SSSR count). The lowest BCUT2D eigenvalue weighted by Gasteiger charge is -2.17. The molecule has 0 saturated heterocycles. The zero-order valence-corrected chi connectivity index (χ0v) is 13.0. The van der Waals surface area contributed by atoms with Gasteiger partial charge in [-0.1, -0.05) is 48.5 Å². The highest BCUT2D eigenvalue weighted by atomic mass is 16.5. The number of carbonyl (C=O) groups excluding carboxylic acids is 1. The SMILES string of the molecule is COCCN1C(=O)c2cccc3c(-c4ccccc4)ccc1c23. The Hall–Kier alpha value is -2.65. The van der Waals surface area contributed by atoms with E-state index < -0.39 is 0 Å². The molecule has 3 nitrogen and oxygen atoms in total. The van der Waals surface area contributed by atoms with Crippen LogP contribution in [0, 0.1) is 0 Å². The second kappa shape index (κ2) is 5.52. The minimum Gasteiger partial charge on any atom is -0.383 e. The maximum atomic E-state index is 12.7. The number of rotatable bonds is 4. The summed E-state index contributed by atoms with van der Waals surface area (Å²) < 4.78 is 5.15. The van der Waals surface area contributed by atoms with E-state index >= 15 is 0 Å². The van der Waals surface area contributed by atoms with Gasteiger partial charge in [-0.15, -0.1) is 0 Å². The fraction of sp³-hybridized carbons (Fsp3) is 0.150. The summed E-state index contributed by atoms with van der Waals surface area (Å²) in [6.45, 7) is 1.10. The Morgan fingerprint density at radius 3 is 2.52 bits per heavy atom. The molecule has 3 aromatic rings. The lowest BCUT2D eigenvalue weighted by atomic mass is 9.96. The van der Waals surface area contributed by atoms with Gasteiger partial charge in [0.1, 0.15) is 0 Å². The Kier molecular flexibility index (Phi) is 3.36. The molecule has 0 atom stereocenters. The Balaban J connectivity index is 1.94. The molecule has 0 fully saturated rings. The second-order valence-electron chi connectivity index (χ2n) is 5.68. The van der Waals surface area contributed by atoms with Crippen molar-refractivity contribution in [2.24, 2.45) is 0 Å². The number of anilines is 1. The van der Waals surface area contributed by atoms with Gasteiger partial charge in [0.2, 0.25) is 0 Å². The molecule has 114 valence electrons. The van der Waals surface area contributed by atoms with E-state index in [1.807, 2.05) is 35.2 Å². The van der Waals surface area contributed by atoms with Gasteiger partial charge in [0.15, 0.2) is 0 Å². The van der Waals surface area contributed by atoms with E-state index in [0.717, 1.165) is 27.6 Å². The first kappa shape index (κ1) is 14.0. The van der Waals surface area contributed by atoms with Crippen molar-refractivity contribution in [3.8, 4) is 11.1 Å². The van der Waals surface area contributed by atoms with E-state index in [-0.39, 0.29) is 5.91 Å². The van der Waals surface area contributed by atoms with Crippen LogP contribution < -0.4 is 4.90 Å². The summed E-state index contributed by atoms with van der Waals surface area (Å²) in [7, 11) is 1.65. The number of amides is 1. The molecule has 1 heterocycles. The zero-order valence-electron chi connectivity index (χ0n) is 13.0. The standard InChI is InChI=1S/C20H17NO2/c1-23-13-12-21-18-11-10-15(14-6-3-2-4-7-14)16-8-5-9-17(19(16)18)20(21)22/h2-11H,12-13H2,1H3. The molecule has 0 saturated carbocycles. The van der Waals surface area contributed by atoms with Crippen LogP contribution in [0.4, 0.5) is 5.69 Å². The molecule has 0 radical (unpaired) electrons. The summed E-state index contributed by atoms with van der Waals surface area (Å²) in [5.41, 5.74) is 4.09. The lowest BCUT2D eigenvalue weighted by molar-refractivity contribution is 0.0982. The fourth-order valence-corrected chi connectivity index (χ4v) is 3.32. The van der Waals surface area contributed by atoms with Crippen molar-refractivity contribution in [1.29, 1.82) is 0 Å². The van der Waals surface area contributed by atoms with Crippen LogP contribution in [0.1, 0.15) is 10.4 Å². The van der Waals surface area contributed by atoms with Gasteiger partial charge in [0.25, 0.3) is 5.91 Å². The van der Waals surface area contributed by atoms with Crippen molar-refractivity contribution >= 4 is 22.4 Å². The van der Waals surface area contributed by atoms with Crippen molar-refractivity contribution < 1.29 is 9.53 Å². The third-order valence-corrected chi connectivity index (χ3v) is 4.39. The Morgan fingerprint density at radius 1 is 0.913 bits per heavy atom. The molecule has 0 aliphatic carbocycles. The predicted molar refractivity (Wildman–Crippen MR) is 92.9 cm³/mol. The minimum absolute atomic E-state index is 0.0628. The number of methoxy groups -OCH3 is 1. The highest BCUT2D eigenvalue weighted by molar-refractivity contribution is 6.26. The summed E-state index contributed by atoms with van der Waals surface area (Å²) in [4.78, 5) is 14.5. The molecular weight excluding hydrogens is 286 g/mol. The topological polar surface area (TPSA) is 29.5 Å². The van der Waals surface area contributed by atoms with Crippen LogP contribution in [-0.2, 0) is 4.74 Å². The molecule has 3 heteroatoms. The number of carbonyl (C=O) groups is 1. The molecule has 0 bridgehead atoms. The third kappa shape index (κ3) is 2.13. The quantitative estimate of drug-likeness (QED) is 0.726. The summed E-state index contributed by atoms with van der Waals surface area (Å²) in [5.74, 6) is 0.0628. The van der Waals surface area contributed by atoms with Crippen LogP contribution in [0.15, 0.2) is 60.7 Å². The smallest absolute Gasteiger partial charge is 0.259 e. The maximum Gasteiger partial charge on any atom is 0.259 e. The van der Waals surface area contributed by atoms with E-state index in [2.05, 4.69) is 30.3 Å². The molecule has 23 heavy (non-hydrogen) atoms. The number of ether oxygens (including phenoxy) is 1. The van der Waals surface area contributed by atoms with Crippen LogP contribution >= 0.6 is 0 Å². The van der Waals surface area contributed by atoms with Crippen molar-refractivity contribution in [2.75, 3.05) is 25.2 Å². The first-order valence-corrected chi connectivity index (χ1v) is 7.73. The number of nitrogens with zero attached hydrogens (tertiary/aromatic N) is 1. The minimum atomic E-state index is 0.0628. The Morgan fingerprint density at radius 2 is 1.74 bits per heavy atom. The van der Waals surface area contributed by atoms with Gasteiger partial charge < -0.3 is 9.64 Å². The highest BCUT2D eigenvalue weighted by Gasteiger charge is 2.30. The average Bonchev–Trinajstić information content (AvgIpc) is 2.88. The van der Waals surface area contributed by atoms with E-state index in [1.54, 1.807) is 7.11 Å². The van der Waals surface area contributed by atoms with E-state index in [1.165, 1.54) is 5.56 Å². The molecule has 0 aromatic heterocycles. The van der Waals surface area contributed by atoms with E-state index in [4.69, 9.17) is 4.74 Å². The van der Waals surface area contributed by atoms with Gasteiger partial charge in [0.05, 0.1) is 12.3 Å². The van der Waals surface area contributed by atoms with Crippen molar-refractivity contribution in [2.45, 2.75) is 0 Å². The van der Waals surface area contributed by atoms with Gasteiger partial charge >= 0.3 is 0 Å². The first-order valence-electron chi connectivity index (χ1n) is 7.73. The van der Waals surface area contributed by atoms with Crippen molar-refractivity contribution in [3.05, 3.63) is 66.2 Å². The van der Waals surface area contributed by atoms with E-state index in [0.29, 0.717) is 13.2 Å². The largest absolute Gasteiger partial charge is 0.383 e. The molecular formula is C20H17NO2. The maximum absolute atomic E-state index is 12.7. The van der Waals surface area contributed by atoms with Gasteiger partial charge in [0, 0.05) is 24.6 Å². The molecule has 0 unspecified atom stereocenters. The van der Waals surface area contributed by atoms with Crippen molar-refractivity contribution in [1.82, 2.24) is 0 Å². The van der Waals surface area contributed by atoms with Crippen LogP contribution in [0.3, 0.4) is 0 Å². The Labute approximate surface area is 135 Å². The number of hydrogen-bond acceptors (Lipinski definition) is 2. The van der Waals surface area contributed by atoms with Crippen LogP contribution in [0.2, 0.25) is 0 Å². The number of hydrogen-bond donors (Lipinski definition) is 0. The summed E-state index contributed by atoms with van der Waals surface area (Å²) in [5, 5.41) is 2.18. The second-order valence-corrected chi connectivity index (χ2v) is 5.68. The normalized spacial score (nSPS) is 13.1. The zero-order chi connectivity index (χ0) is 15.8. The molecule has 1 aliphatic rings. The first-order chi connectivity index (χ1) is 11.3. The average molecular weight is 303 g/mol. The van der Waals surface area contributed by atoms with Gasteiger partial charge in [-0.3, -0.25) is 4.79 Å². The molecule has 1 aliphatic heterocycles.